The molecule has 3 saturated heterocycles. The lowest BCUT2D eigenvalue weighted by Crippen LogP contribution is -2.48. The molecule has 3 aliphatic heterocycles. The van der Waals surface area contributed by atoms with Crippen LogP contribution in [-0.2, 0) is 4.74 Å². The molecular weight excluding hydrogens is 441 g/mol. The molecule has 0 radical (unpaired) electrons. The van der Waals surface area contributed by atoms with Crippen molar-refractivity contribution in [2.75, 3.05) is 52.4 Å². The van der Waals surface area contributed by atoms with Crippen LogP contribution in [0.15, 0.2) is 4.99 Å². The second kappa shape index (κ2) is 11.0. The first-order chi connectivity index (χ1) is 12.2. The van der Waals surface area contributed by atoms with Gasteiger partial charge in [-0.3, -0.25) is 4.99 Å². The number of hydrogen-bond donors (Lipinski definition) is 2. The summed E-state index contributed by atoms with van der Waals surface area (Å²) in [5.74, 6) is 1.55. The van der Waals surface area contributed by atoms with Crippen molar-refractivity contribution in [3.8, 4) is 0 Å². The van der Waals surface area contributed by atoms with Crippen molar-refractivity contribution < 1.29 is 4.74 Å². The van der Waals surface area contributed by atoms with Crippen molar-refractivity contribution in [3.05, 3.63) is 0 Å². The maximum Gasteiger partial charge on any atom is 0.191 e. The third-order valence-corrected chi connectivity index (χ3v) is 5.82. The van der Waals surface area contributed by atoms with Gasteiger partial charge in [0.1, 0.15) is 0 Å². The average Bonchev–Trinajstić information content (AvgIpc) is 3.23. The Hall–Kier alpha value is -0.120. The van der Waals surface area contributed by atoms with Crippen LogP contribution in [0.4, 0.5) is 0 Å². The fraction of sp³-hybridized carbons (Fsp3) is 0.947. The Kier molecular flexibility index (Phi) is 9.40. The zero-order valence-electron chi connectivity index (χ0n) is 16.7. The van der Waals surface area contributed by atoms with Gasteiger partial charge in [0, 0.05) is 45.8 Å². The normalized spacial score (nSPS) is 30.9. The van der Waals surface area contributed by atoms with E-state index in [0.717, 1.165) is 32.0 Å². The van der Waals surface area contributed by atoms with Crippen LogP contribution in [0, 0.1) is 5.92 Å². The van der Waals surface area contributed by atoms with E-state index in [9.17, 15) is 0 Å². The van der Waals surface area contributed by atoms with Gasteiger partial charge in [-0.1, -0.05) is 13.8 Å². The summed E-state index contributed by atoms with van der Waals surface area (Å²) in [4.78, 5) is 9.98. The van der Waals surface area contributed by atoms with Crippen LogP contribution in [0.25, 0.3) is 0 Å². The Morgan fingerprint density at radius 1 is 1.15 bits per heavy atom. The molecule has 6 nitrogen and oxygen atoms in total. The van der Waals surface area contributed by atoms with E-state index < -0.39 is 0 Å². The first kappa shape index (κ1) is 22.2. The zero-order valence-corrected chi connectivity index (χ0v) is 19.1. The molecular formula is C19H38IN5O. The summed E-state index contributed by atoms with van der Waals surface area (Å²) in [6, 6.07) is 0.439. The van der Waals surface area contributed by atoms with Gasteiger partial charge >= 0.3 is 0 Å². The molecule has 152 valence electrons. The van der Waals surface area contributed by atoms with Crippen LogP contribution in [0.2, 0.25) is 0 Å². The van der Waals surface area contributed by atoms with Crippen molar-refractivity contribution in [1.82, 2.24) is 20.4 Å². The van der Waals surface area contributed by atoms with Gasteiger partial charge in [-0.25, -0.2) is 0 Å². The van der Waals surface area contributed by atoms with Gasteiger partial charge in [0.2, 0.25) is 0 Å². The van der Waals surface area contributed by atoms with Gasteiger partial charge in [-0.15, -0.1) is 24.0 Å². The van der Waals surface area contributed by atoms with Crippen molar-refractivity contribution in [1.29, 1.82) is 0 Å². The number of halogens is 1. The van der Waals surface area contributed by atoms with E-state index in [1.807, 2.05) is 0 Å². The lowest BCUT2D eigenvalue weighted by molar-refractivity contribution is 0.0992. The van der Waals surface area contributed by atoms with E-state index in [1.54, 1.807) is 0 Å². The Labute approximate surface area is 176 Å². The first-order valence-corrected chi connectivity index (χ1v) is 10.3. The number of fused-ring (bicyclic) bond motifs is 2. The number of nitrogens with zero attached hydrogens (tertiary/aromatic N) is 3. The highest BCUT2D eigenvalue weighted by Crippen LogP contribution is 2.34. The molecule has 0 saturated carbocycles. The van der Waals surface area contributed by atoms with Crippen LogP contribution < -0.4 is 10.6 Å². The Bertz CT molecular complexity index is 442. The largest absolute Gasteiger partial charge is 0.373 e. The third kappa shape index (κ3) is 6.21. The van der Waals surface area contributed by atoms with Crippen molar-refractivity contribution in [3.63, 3.8) is 0 Å². The number of nitrogens with one attached hydrogen (secondary N) is 2. The van der Waals surface area contributed by atoms with Crippen LogP contribution in [-0.4, -0.2) is 86.4 Å². The average molecular weight is 479 g/mol. The quantitative estimate of drug-likeness (QED) is 0.331. The standard InChI is InChI=1S/C19H37N5O.HI/c1-4-20-19(22-17-12-16-6-7-18(17)25-16)21-13-15(3)14-24-10-8-23(5-2)9-11-24;/h15-18H,4-14H2,1-3H3,(H2,20,21,22);1H. The molecule has 3 heterocycles. The molecule has 7 heteroatoms. The third-order valence-electron chi connectivity index (χ3n) is 5.82. The predicted octanol–water partition coefficient (Wildman–Crippen LogP) is 1.75. The number of guanidine groups is 1. The van der Waals surface area contributed by atoms with Gasteiger partial charge < -0.3 is 25.2 Å². The molecule has 0 aromatic heterocycles. The monoisotopic (exact) mass is 479 g/mol. The van der Waals surface area contributed by atoms with E-state index in [4.69, 9.17) is 9.73 Å². The highest BCUT2D eigenvalue weighted by molar-refractivity contribution is 14.0. The summed E-state index contributed by atoms with van der Waals surface area (Å²) in [6.07, 6.45) is 4.43. The van der Waals surface area contributed by atoms with Crippen LogP contribution >= 0.6 is 24.0 Å². The number of piperazine rings is 1. The van der Waals surface area contributed by atoms with Crippen LogP contribution in [0.1, 0.15) is 40.0 Å². The highest BCUT2D eigenvalue weighted by atomic mass is 127. The summed E-state index contributed by atoms with van der Waals surface area (Å²) in [7, 11) is 0. The first-order valence-electron chi connectivity index (χ1n) is 10.3. The highest BCUT2D eigenvalue weighted by Gasteiger charge is 2.41. The molecule has 0 amide bonds. The minimum absolute atomic E-state index is 0. The molecule has 4 unspecified atom stereocenters. The molecule has 3 rings (SSSR count). The van der Waals surface area contributed by atoms with Crippen molar-refractivity contribution >= 4 is 29.9 Å². The van der Waals surface area contributed by atoms with E-state index in [1.165, 1.54) is 45.6 Å². The molecule has 0 aromatic rings. The Morgan fingerprint density at radius 3 is 2.46 bits per heavy atom. The molecule has 0 aliphatic carbocycles. The van der Waals surface area contributed by atoms with Gasteiger partial charge in [0.25, 0.3) is 0 Å². The number of aliphatic imine (C=N–C) groups is 1. The lowest BCUT2D eigenvalue weighted by atomic mass is 9.96. The van der Waals surface area contributed by atoms with E-state index in [-0.39, 0.29) is 24.0 Å². The van der Waals surface area contributed by atoms with Gasteiger partial charge in [-0.2, -0.15) is 0 Å². The van der Waals surface area contributed by atoms with Crippen molar-refractivity contribution in [2.24, 2.45) is 10.9 Å². The lowest BCUT2D eigenvalue weighted by Gasteiger charge is -2.35. The summed E-state index contributed by atoms with van der Waals surface area (Å²) in [5, 5.41) is 7.02. The Morgan fingerprint density at radius 2 is 1.88 bits per heavy atom. The summed E-state index contributed by atoms with van der Waals surface area (Å²) in [5.41, 5.74) is 0. The van der Waals surface area contributed by atoms with Crippen LogP contribution in [0.3, 0.4) is 0 Å². The van der Waals surface area contributed by atoms with Crippen molar-refractivity contribution in [2.45, 2.75) is 58.3 Å². The van der Waals surface area contributed by atoms with Gasteiger partial charge in [0.05, 0.1) is 18.2 Å². The van der Waals surface area contributed by atoms with Crippen LogP contribution in [0.5, 0.6) is 0 Å². The molecule has 2 N–H and O–H groups in total. The summed E-state index contributed by atoms with van der Waals surface area (Å²) in [6.45, 7) is 15.6. The smallest absolute Gasteiger partial charge is 0.191 e. The minimum Gasteiger partial charge on any atom is -0.373 e. The Balaban J connectivity index is 0.00000243. The van der Waals surface area contributed by atoms with Gasteiger partial charge in [-0.05, 0) is 38.6 Å². The van der Waals surface area contributed by atoms with E-state index >= 15 is 0 Å². The zero-order chi connectivity index (χ0) is 17.6. The molecule has 2 bridgehead atoms. The minimum atomic E-state index is 0. The van der Waals surface area contributed by atoms with Gasteiger partial charge in [0.15, 0.2) is 5.96 Å². The molecule has 0 spiro atoms. The molecule has 26 heavy (non-hydrogen) atoms. The van der Waals surface area contributed by atoms with E-state index in [0.29, 0.717) is 24.2 Å². The number of rotatable bonds is 7. The summed E-state index contributed by atoms with van der Waals surface area (Å²) < 4.78 is 5.95. The maximum absolute atomic E-state index is 5.95. The topological polar surface area (TPSA) is 52.1 Å². The number of ether oxygens (including phenoxy) is 1. The van der Waals surface area contributed by atoms with E-state index in [2.05, 4.69) is 41.2 Å². The number of likely N-dealkylation sites (N-methyl/N-ethyl adjacent to an activating group) is 1. The summed E-state index contributed by atoms with van der Waals surface area (Å²) >= 11 is 0. The predicted molar refractivity (Wildman–Crippen MR) is 119 cm³/mol. The second-order valence-corrected chi connectivity index (χ2v) is 7.92. The fourth-order valence-electron chi connectivity index (χ4n) is 4.32. The maximum atomic E-state index is 5.95. The fourth-order valence-corrected chi connectivity index (χ4v) is 4.32. The molecule has 3 aliphatic rings. The number of hydrogen-bond acceptors (Lipinski definition) is 4. The molecule has 4 atom stereocenters. The second-order valence-electron chi connectivity index (χ2n) is 7.92. The molecule has 0 aromatic carbocycles. The SMILES string of the molecule is CCNC(=NCC(C)CN1CCN(CC)CC1)NC1CC2CCC1O2.I. The molecule has 3 fully saturated rings.